The number of nitrogens with zero attached hydrogens (tertiary/aromatic N) is 1. The highest BCUT2D eigenvalue weighted by Gasteiger charge is 2.30. The van der Waals surface area contributed by atoms with Crippen molar-refractivity contribution in [2.75, 3.05) is 6.54 Å². The number of hydrogen-bond donors (Lipinski definition) is 0. The van der Waals surface area contributed by atoms with E-state index in [1.165, 1.54) is 17.8 Å². The van der Waals surface area contributed by atoms with E-state index in [1.807, 2.05) is 25.1 Å². The average molecular weight is 373 g/mol. The SMILES string of the molecule is CCN1C(=O)/C(=C/c2ccc(OCc3ccccc3F)cc2)SC1=S. The molecule has 1 amide bonds. The maximum atomic E-state index is 13.6. The average Bonchev–Trinajstić information content (AvgIpc) is 2.88. The quantitative estimate of drug-likeness (QED) is 0.565. The lowest BCUT2D eigenvalue weighted by Crippen LogP contribution is -2.27. The Bertz CT molecular complexity index is 834. The van der Waals surface area contributed by atoms with Crippen LogP contribution in [0.2, 0.25) is 0 Å². The van der Waals surface area contributed by atoms with E-state index in [9.17, 15) is 9.18 Å². The first kappa shape index (κ1) is 17.6. The zero-order valence-electron chi connectivity index (χ0n) is 13.6. The van der Waals surface area contributed by atoms with Gasteiger partial charge in [0, 0.05) is 12.1 Å². The maximum Gasteiger partial charge on any atom is 0.266 e. The van der Waals surface area contributed by atoms with Gasteiger partial charge in [0.25, 0.3) is 5.91 Å². The molecule has 0 atom stereocenters. The molecule has 128 valence electrons. The number of carbonyl (C=O) groups excluding carboxylic acids is 1. The number of rotatable bonds is 5. The monoisotopic (exact) mass is 373 g/mol. The van der Waals surface area contributed by atoms with Crippen molar-refractivity contribution in [3.8, 4) is 5.75 Å². The van der Waals surface area contributed by atoms with Crippen LogP contribution in [0.1, 0.15) is 18.1 Å². The summed E-state index contributed by atoms with van der Waals surface area (Å²) in [4.78, 5) is 14.4. The van der Waals surface area contributed by atoms with Gasteiger partial charge in [-0.25, -0.2) is 4.39 Å². The van der Waals surface area contributed by atoms with E-state index in [2.05, 4.69) is 0 Å². The fourth-order valence-electron chi connectivity index (χ4n) is 2.36. The molecule has 2 aromatic carbocycles. The van der Waals surface area contributed by atoms with Crippen molar-refractivity contribution in [3.63, 3.8) is 0 Å². The van der Waals surface area contributed by atoms with Crippen LogP contribution in [0.4, 0.5) is 4.39 Å². The van der Waals surface area contributed by atoms with Gasteiger partial charge in [0.1, 0.15) is 22.5 Å². The topological polar surface area (TPSA) is 29.5 Å². The molecule has 25 heavy (non-hydrogen) atoms. The molecule has 1 fully saturated rings. The third-order valence-electron chi connectivity index (χ3n) is 3.72. The highest BCUT2D eigenvalue weighted by atomic mass is 32.2. The van der Waals surface area contributed by atoms with Gasteiger partial charge in [-0.05, 0) is 36.8 Å². The molecule has 0 N–H and O–H groups in total. The van der Waals surface area contributed by atoms with E-state index in [4.69, 9.17) is 17.0 Å². The second-order valence-corrected chi connectivity index (χ2v) is 7.05. The molecular formula is C19H16FNO2S2. The predicted octanol–water partition coefficient (Wildman–Crippen LogP) is 4.63. The van der Waals surface area contributed by atoms with E-state index < -0.39 is 0 Å². The number of halogens is 1. The minimum Gasteiger partial charge on any atom is -0.489 e. The smallest absolute Gasteiger partial charge is 0.266 e. The van der Waals surface area contributed by atoms with Gasteiger partial charge in [-0.3, -0.25) is 9.69 Å². The summed E-state index contributed by atoms with van der Waals surface area (Å²) in [6.45, 7) is 2.64. The van der Waals surface area contributed by atoms with Crippen molar-refractivity contribution in [2.24, 2.45) is 0 Å². The van der Waals surface area contributed by atoms with Gasteiger partial charge in [-0.1, -0.05) is 54.3 Å². The van der Waals surface area contributed by atoms with Gasteiger partial charge in [-0.2, -0.15) is 0 Å². The fourth-order valence-corrected chi connectivity index (χ4v) is 3.75. The number of amides is 1. The molecule has 0 aliphatic carbocycles. The maximum absolute atomic E-state index is 13.6. The van der Waals surface area contributed by atoms with Crippen molar-refractivity contribution >= 4 is 40.3 Å². The molecular weight excluding hydrogens is 357 g/mol. The van der Waals surface area contributed by atoms with Crippen LogP contribution in [-0.4, -0.2) is 21.7 Å². The Hall–Kier alpha value is -2.18. The first-order chi connectivity index (χ1) is 12.1. The minimum atomic E-state index is -0.280. The molecule has 3 rings (SSSR count). The summed E-state index contributed by atoms with van der Waals surface area (Å²) >= 11 is 6.51. The summed E-state index contributed by atoms with van der Waals surface area (Å²) in [5, 5.41) is 0. The Morgan fingerprint density at radius 3 is 2.56 bits per heavy atom. The van der Waals surface area contributed by atoms with Crippen molar-refractivity contribution < 1.29 is 13.9 Å². The molecule has 0 unspecified atom stereocenters. The molecule has 1 saturated heterocycles. The Morgan fingerprint density at radius 1 is 1.20 bits per heavy atom. The van der Waals surface area contributed by atoms with Crippen molar-refractivity contribution in [2.45, 2.75) is 13.5 Å². The van der Waals surface area contributed by atoms with E-state index >= 15 is 0 Å². The van der Waals surface area contributed by atoms with E-state index in [-0.39, 0.29) is 18.3 Å². The van der Waals surface area contributed by atoms with Crippen molar-refractivity contribution in [1.29, 1.82) is 0 Å². The van der Waals surface area contributed by atoms with Gasteiger partial charge in [-0.15, -0.1) is 0 Å². The number of hydrogen-bond acceptors (Lipinski definition) is 4. The third-order valence-corrected chi connectivity index (χ3v) is 5.10. The van der Waals surface area contributed by atoms with Crippen LogP contribution in [-0.2, 0) is 11.4 Å². The third kappa shape index (κ3) is 4.08. The van der Waals surface area contributed by atoms with Crippen molar-refractivity contribution in [1.82, 2.24) is 4.90 Å². The summed E-state index contributed by atoms with van der Waals surface area (Å²) in [5.41, 5.74) is 1.39. The first-order valence-corrected chi connectivity index (χ1v) is 9.02. The summed E-state index contributed by atoms with van der Waals surface area (Å²) < 4.78 is 19.8. The van der Waals surface area contributed by atoms with E-state index in [0.717, 1.165) is 5.56 Å². The summed E-state index contributed by atoms with van der Waals surface area (Å²) in [6.07, 6.45) is 1.82. The lowest BCUT2D eigenvalue weighted by atomic mass is 10.2. The van der Waals surface area contributed by atoms with Crippen LogP contribution in [0.15, 0.2) is 53.4 Å². The predicted molar refractivity (Wildman–Crippen MR) is 103 cm³/mol. The largest absolute Gasteiger partial charge is 0.489 e. The Morgan fingerprint density at radius 2 is 1.92 bits per heavy atom. The standard InChI is InChI=1S/C19H16FNO2S2/c1-2-21-18(22)17(25-19(21)24)11-13-7-9-15(10-8-13)23-12-14-5-3-4-6-16(14)20/h3-11H,2,12H2,1H3/b17-11-. The van der Waals surface area contributed by atoms with Gasteiger partial charge in [0.05, 0.1) is 4.91 Å². The van der Waals surface area contributed by atoms with Gasteiger partial charge < -0.3 is 4.74 Å². The highest BCUT2D eigenvalue weighted by Crippen LogP contribution is 2.32. The molecule has 6 heteroatoms. The van der Waals surface area contributed by atoms with Crippen LogP contribution < -0.4 is 4.74 Å². The second-order valence-electron chi connectivity index (χ2n) is 5.38. The molecule has 0 radical (unpaired) electrons. The second kappa shape index (κ2) is 7.80. The Balaban J connectivity index is 1.67. The van der Waals surface area contributed by atoms with Crippen LogP contribution in [0.5, 0.6) is 5.75 Å². The number of likely N-dealkylation sites (N-methyl/N-ethyl adjacent to an activating group) is 1. The zero-order chi connectivity index (χ0) is 17.8. The van der Waals surface area contributed by atoms with Crippen molar-refractivity contribution in [3.05, 3.63) is 70.4 Å². The Labute approximate surface area is 155 Å². The number of benzene rings is 2. The molecule has 0 aromatic heterocycles. The van der Waals surface area contributed by atoms with Crippen LogP contribution in [0.3, 0.4) is 0 Å². The molecule has 0 bridgehead atoms. The number of carbonyl (C=O) groups is 1. The molecule has 0 saturated carbocycles. The molecule has 1 aliphatic heterocycles. The highest BCUT2D eigenvalue weighted by molar-refractivity contribution is 8.26. The van der Waals surface area contributed by atoms with E-state index in [0.29, 0.717) is 27.1 Å². The van der Waals surface area contributed by atoms with Crippen LogP contribution in [0.25, 0.3) is 6.08 Å². The summed E-state index contributed by atoms with van der Waals surface area (Å²) in [5.74, 6) is 0.302. The molecule has 1 heterocycles. The Kier molecular flexibility index (Phi) is 5.50. The fraction of sp³-hybridized carbons (Fsp3) is 0.158. The van der Waals surface area contributed by atoms with E-state index in [1.54, 1.807) is 35.2 Å². The summed E-state index contributed by atoms with van der Waals surface area (Å²) in [6, 6.07) is 13.8. The normalized spacial score (nSPS) is 15.9. The van der Waals surface area contributed by atoms with Crippen LogP contribution in [0, 0.1) is 5.82 Å². The lowest BCUT2D eigenvalue weighted by molar-refractivity contribution is -0.121. The van der Waals surface area contributed by atoms with Crippen LogP contribution >= 0.6 is 24.0 Å². The molecule has 1 aliphatic rings. The number of ether oxygens (including phenoxy) is 1. The summed E-state index contributed by atoms with van der Waals surface area (Å²) in [7, 11) is 0. The first-order valence-electron chi connectivity index (χ1n) is 7.80. The number of thioether (sulfide) groups is 1. The minimum absolute atomic E-state index is 0.0580. The molecule has 3 nitrogen and oxygen atoms in total. The molecule has 0 spiro atoms. The zero-order valence-corrected chi connectivity index (χ0v) is 15.2. The van der Waals surface area contributed by atoms with Gasteiger partial charge >= 0.3 is 0 Å². The van der Waals surface area contributed by atoms with Gasteiger partial charge in [0.2, 0.25) is 0 Å². The molecule has 2 aromatic rings. The van der Waals surface area contributed by atoms with Gasteiger partial charge in [0.15, 0.2) is 0 Å². The number of thiocarbonyl (C=S) groups is 1. The lowest BCUT2D eigenvalue weighted by Gasteiger charge is -2.09.